The maximum atomic E-state index is 13.8. The molecule has 0 unspecified atom stereocenters. The summed E-state index contributed by atoms with van der Waals surface area (Å²) in [6.45, 7) is 6.67. The number of fused-ring (bicyclic) bond motifs is 1. The summed E-state index contributed by atoms with van der Waals surface area (Å²) in [6.07, 6.45) is 1.91. The molecule has 4 rings (SSSR count). The highest BCUT2D eigenvalue weighted by Crippen LogP contribution is 2.41. The Balaban J connectivity index is 1.58. The number of rotatable bonds is 7. The average molecular weight is 462 g/mol. The second kappa shape index (κ2) is 9.98. The van der Waals surface area contributed by atoms with Crippen LogP contribution in [0.25, 0.3) is 0 Å². The zero-order valence-electron chi connectivity index (χ0n) is 20.2. The van der Waals surface area contributed by atoms with Gasteiger partial charge in [-0.25, -0.2) is 9.18 Å². The second-order valence-corrected chi connectivity index (χ2v) is 9.36. The SMILES string of the molecule is COc1cc([C@@H](C)NC[C@@H]2Cc3ccccc3[C@H](c3ccc(C)c(C(=O)O)c3C)C2)ccc1F. The number of halogens is 1. The summed E-state index contributed by atoms with van der Waals surface area (Å²) in [7, 11) is 1.47. The van der Waals surface area contributed by atoms with Gasteiger partial charge in [-0.1, -0.05) is 42.5 Å². The molecule has 0 saturated carbocycles. The van der Waals surface area contributed by atoms with E-state index in [1.807, 2.05) is 19.9 Å². The van der Waals surface area contributed by atoms with Crippen LogP contribution in [0.1, 0.15) is 69.0 Å². The van der Waals surface area contributed by atoms with Crippen molar-refractivity contribution in [2.24, 2.45) is 5.92 Å². The van der Waals surface area contributed by atoms with Crippen LogP contribution in [0.15, 0.2) is 54.6 Å². The van der Waals surface area contributed by atoms with Crippen molar-refractivity contribution in [2.45, 2.75) is 45.6 Å². The second-order valence-electron chi connectivity index (χ2n) is 9.36. The zero-order valence-corrected chi connectivity index (χ0v) is 20.2. The van der Waals surface area contributed by atoms with E-state index >= 15 is 0 Å². The van der Waals surface area contributed by atoms with Crippen molar-refractivity contribution < 1.29 is 19.0 Å². The van der Waals surface area contributed by atoms with E-state index in [1.165, 1.54) is 24.3 Å². The van der Waals surface area contributed by atoms with E-state index in [1.54, 1.807) is 12.1 Å². The molecule has 3 atom stereocenters. The predicted octanol–water partition coefficient (Wildman–Crippen LogP) is 6.19. The van der Waals surface area contributed by atoms with Gasteiger partial charge in [0.05, 0.1) is 12.7 Å². The predicted molar refractivity (Wildman–Crippen MR) is 132 cm³/mol. The standard InChI is InChI=1S/C29H32FNO3/c1-17-9-11-23(18(2)28(17)29(32)33)25-14-20(13-22-7-5-6-8-24(22)25)16-31-19(3)21-10-12-26(30)27(15-21)34-4/h5-12,15,19-20,25,31H,13-14,16H2,1-4H3,(H,32,33)/t19-,20-,25+/m1/s1. The number of ether oxygens (including phenoxy) is 1. The lowest BCUT2D eigenvalue weighted by molar-refractivity contribution is 0.0695. The van der Waals surface area contributed by atoms with Crippen molar-refractivity contribution in [2.75, 3.05) is 13.7 Å². The number of carboxylic acids is 1. The third kappa shape index (κ3) is 4.71. The van der Waals surface area contributed by atoms with Gasteiger partial charge >= 0.3 is 5.97 Å². The number of methoxy groups -OCH3 is 1. The lowest BCUT2D eigenvalue weighted by Gasteiger charge is -2.34. The maximum Gasteiger partial charge on any atom is 0.336 e. The van der Waals surface area contributed by atoms with Crippen LogP contribution in [-0.2, 0) is 6.42 Å². The van der Waals surface area contributed by atoms with E-state index in [9.17, 15) is 14.3 Å². The van der Waals surface area contributed by atoms with Gasteiger partial charge in [0.1, 0.15) is 0 Å². The summed E-state index contributed by atoms with van der Waals surface area (Å²) in [4.78, 5) is 11.9. The first-order chi connectivity index (χ1) is 16.3. The first-order valence-electron chi connectivity index (χ1n) is 11.8. The average Bonchev–Trinajstić information content (AvgIpc) is 2.82. The molecule has 0 amide bonds. The zero-order chi connectivity index (χ0) is 24.4. The Labute approximate surface area is 200 Å². The molecule has 0 bridgehead atoms. The third-order valence-corrected chi connectivity index (χ3v) is 7.20. The summed E-state index contributed by atoms with van der Waals surface area (Å²) in [5.74, 6) is -0.445. The minimum absolute atomic E-state index is 0.0462. The molecule has 178 valence electrons. The van der Waals surface area contributed by atoms with E-state index in [2.05, 4.69) is 42.6 Å². The molecule has 0 fully saturated rings. The fourth-order valence-electron chi connectivity index (χ4n) is 5.34. The van der Waals surface area contributed by atoms with Gasteiger partial charge in [0.25, 0.3) is 0 Å². The number of benzene rings is 3. The quantitative estimate of drug-likeness (QED) is 0.440. The molecule has 0 saturated heterocycles. The molecule has 0 heterocycles. The van der Waals surface area contributed by atoms with Crippen LogP contribution in [0, 0.1) is 25.6 Å². The van der Waals surface area contributed by atoms with E-state index in [4.69, 9.17) is 4.74 Å². The molecule has 1 aliphatic rings. The molecule has 3 aromatic rings. The number of carbonyl (C=O) groups is 1. The van der Waals surface area contributed by atoms with Crippen LogP contribution in [0.3, 0.4) is 0 Å². The molecule has 5 heteroatoms. The lowest BCUT2D eigenvalue weighted by Crippen LogP contribution is -2.31. The summed E-state index contributed by atoms with van der Waals surface area (Å²) in [5.41, 5.74) is 6.74. The Hall–Kier alpha value is -3.18. The van der Waals surface area contributed by atoms with Gasteiger partial charge in [0.2, 0.25) is 0 Å². The van der Waals surface area contributed by atoms with Crippen molar-refractivity contribution in [1.29, 1.82) is 0 Å². The molecule has 0 spiro atoms. The van der Waals surface area contributed by atoms with Crippen molar-refractivity contribution >= 4 is 5.97 Å². The first-order valence-corrected chi connectivity index (χ1v) is 11.8. The normalized spacial score (nSPS) is 18.3. The number of hydrogen-bond acceptors (Lipinski definition) is 3. The fraction of sp³-hybridized carbons (Fsp3) is 0.345. The van der Waals surface area contributed by atoms with E-state index < -0.39 is 5.97 Å². The monoisotopic (exact) mass is 461 g/mol. The molecule has 0 radical (unpaired) electrons. The summed E-state index contributed by atoms with van der Waals surface area (Å²) in [6, 6.07) is 17.6. The third-order valence-electron chi connectivity index (χ3n) is 7.20. The van der Waals surface area contributed by atoms with Crippen molar-refractivity contribution in [3.63, 3.8) is 0 Å². The molecular formula is C29H32FNO3. The van der Waals surface area contributed by atoms with Crippen LogP contribution < -0.4 is 10.1 Å². The van der Waals surface area contributed by atoms with Crippen molar-refractivity contribution in [1.82, 2.24) is 5.32 Å². The molecule has 0 aromatic heterocycles. The van der Waals surface area contributed by atoms with Gasteiger partial charge < -0.3 is 15.2 Å². The Morgan fingerprint density at radius 2 is 1.91 bits per heavy atom. The van der Waals surface area contributed by atoms with Crippen LogP contribution in [0.2, 0.25) is 0 Å². The summed E-state index contributed by atoms with van der Waals surface area (Å²) < 4.78 is 18.9. The smallest absolute Gasteiger partial charge is 0.336 e. The van der Waals surface area contributed by atoms with Crippen LogP contribution >= 0.6 is 0 Å². The highest BCUT2D eigenvalue weighted by molar-refractivity contribution is 5.91. The van der Waals surface area contributed by atoms with Crippen LogP contribution in [0.4, 0.5) is 4.39 Å². The molecule has 4 nitrogen and oxygen atoms in total. The Kier molecular flexibility index (Phi) is 7.03. The molecule has 1 aliphatic carbocycles. The van der Waals surface area contributed by atoms with Crippen molar-refractivity contribution in [3.05, 3.63) is 99.4 Å². The van der Waals surface area contributed by atoms with E-state index in [-0.39, 0.29) is 23.5 Å². The molecule has 3 aromatic carbocycles. The highest BCUT2D eigenvalue weighted by Gasteiger charge is 2.30. The number of aromatic carboxylic acids is 1. The molecule has 34 heavy (non-hydrogen) atoms. The summed E-state index contributed by atoms with van der Waals surface area (Å²) in [5, 5.41) is 13.4. The Morgan fingerprint density at radius 3 is 2.65 bits per heavy atom. The number of hydrogen-bond donors (Lipinski definition) is 2. The van der Waals surface area contributed by atoms with Gasteiger partial charge in [-0.15, -0.1) is 0 Å². The van der Waals surface area contributed by atoms with Crippen LogP contribution in [0.5, 0.6) is 5.75 Å². The van der Waals surface area contributed by atoms with Gasteiger partial charge in [-0.3, -0.25) is 0 Å². The van der Waals surface area contributed by atoms with E-state index in [0.29, 0.717) is 11.5 Å². The van der Waals surface area contributed by atoms with Gasteiger partial charge in [0.15, 0.2) is 11.6 Å². The van der Waals surface area contributed by atoms with Gasteiger partial charge in [-0.05, 0) is 91.6 Å². The minimum Gasteiger partial charge on any atom is -0.494 e. The first kappa shape index (κ1) is 24.0. The lowest BCUT2D eigenvalue weighted by atomic mass is 9.72. The van der Waals surface area contributed by atoms with E-state index in [0.717, 1.165) is 41.6 Å². The topological polar surface area (TPSA) is 58.6 Å². The number of aryl methyl sites for hydroxylation is 1. The Morgan fingerprint density at radius 1 is 1.15 bits per heavy atom. The number of carboxylic acid groups (broad SMARTS) is 1. The van der Waals surface area contributed by atoms with Crippen molar-refractivity contribution in [3.8, 4) is 5.75 Å². The summed E-state index contributed by atoms with van der Waals surface area (Å²) >= 11 is 0. The fourth-order valence-corrected chi connectivity index (χ4v) is 5.34. The van der Waals surface area contributed by atoms with Crippen LogP contribution in [-0.4, -0.2) is 24.7 Å². The minimum atomic E-state index is -0.872. The van der Waals surface area contributed by atoms with Gasteiger partial charge in [-0.2, -0.15) is 0 Å². The Bertz CT molecular complexity index is 1210. The largest absolute Gasteiger partial charge is 0.494 e. The number of nitrogens with one attached hydrogen (secondary N) is 1. The molecule has 2 N–H and O–H groups in total. The van der Waals surface area contributed by atoms with Gasteiger partial charge in [0, 0.05) is 12.0 Å². The maximum absolute atomic E-state index is 13.8. The molecular weight excluding hydrogens is 429 g/mol. The molecule has 0 aliphatic heterocycles. The highest BCUT2D eigenvalue weighted by atomic mass is 19.1.